The summed E-state index contributed by atoms with van der Waals surface area (Å²) in [5.41, 5.74) is 0.786. The van der Waals surface area contributed by atoms with Crippen LogP contribution in [0.5, 0.6) is 11.5 Å². The first-order valence-corrected chi connectivity index (χ1v) is 7.66. The Morgan fingerprint density at radius 1 is 1.30 bits per heavy atom. The zero-order valence-corrected chi connectivity index (χ0v) is 13.3. The molecule has 1 aromatic carbocycles. The molecule has 0 unspecified atom stereocenters. The summed E-state index contributed by atoms with van der Waals surface area (Å²) >= 11 is 0. The van der Waals surface area contributed by atoms with Gasteiger partial charge in [-0.25, -0.2) is 4.79 Å². The predicted octanol–water partition coefficient (Wildman–Crippen LogP) is 1.93. The van der Waals surface area contributed by atoms with Crippen LogP contribution in [0.25, 0.3) is 6.08 Å². The van der Waals surface area contributed by atoms with Crippen molar-refractivity contribution < 1.29 is 23.8 Å². The van der Waals surface area contributed by atoms with E-state index in [4.69, 9.17) is 14.2 Å². The SMILES string of the molecule is CCCNC(=O)[C@@H](C)OC(=O)/C=C/c1ccc2c(c1)OCCO2. The monoisotopic (exact) mass is 319 g/mol. The van der Waals surface area contributed by atoms with Gasteiger partial charge in [0, 0.05) is 12.6 Å². The molecule has 6 nitrogen and oxygen atoms in total. The first kappa shape index (κ1) is 16.9. The lowest BCUT2D eigenvalue weighted by Gasteiger charge is -2.18. The van der Waals surface area contributed by atoms with Gasteiger partial charge in [-0.05, 0) is 37.1 Å². The second-order valence-electron chi connectivity index (χ2n) is 5.11. The number of amides is 1. The van der Waals surface area contributed by atoms with Crippen molar-refractivity contribution in [3.8, 4) is 11.5 Å². The third kappa shape index (κ3) is 5.02. The van der Waals surface area contributed by atoms with Gasteiger partial charge in [-0.15, -0.1) is 0 Å². The minimum Gasteiger partial charge on any atom is -0.486 e. The van der Waals surface area contributed by atoms with Gasteiger partial charge in [-0.2, -0.15) is 0 Å². The lowest BCUT2D eigenvalue weighted by molar-refractivity contribution is -0.150. The largest absolute Gasteiger partial charge is 0.486 e. The zero-order chi connectivity index (χ0) is 16.7. The number of carbonyl (C=O) groups excluding carboxylic acids is 2. The van der Waals surface area contributed by atoms with Gasteiger partial charge in [0.05, 0.1) is 0 Å². The van der Waals surface area contributed by atoms with E-state index in [0.29, 0.717) is 31.3 Å². The molecule has 1 atom stereocenters. The predicted molar refractivity (Wildman–Crippen MR) is 85.3 cm³/mol. The summed E-state index contributed by atoms with van der Waals surface area (Å²) in [6.45, 7) is 5.10. The normalized spacial score (nSPS) is 14.3. The van der Waals surface area contributed by atoms with Crippen molar-refractivity contribution in [2.75, 3.05) is 19.8 Å². The number of benzene rings is 1. The molecular weight excluding hydrogens is 298 g/mol. The van der Waals surface area contributed by atoms with Crippen LogP contribution in [-0.2, 0) is 14.3 Å². The average molecular weight is 319 g/mol. The highest BCUT2D eigenvalue weighted by atomic mass is 16.6. The van der Waals surface area contributed by atoms with Crippen molar-refractivity contribution in [2.45, 2.75) is 26.4 Å². The van der Waals surface area contributed by atoms with E-state index in [1.54, 1.807) is 25.1 Å². The van der Waals surface area contributed by atoms with Crippen molar-refractivity contribution >= 4 is 18.0 Å². The van der Waals surface area contributed by atoms with Crippen LogP contribution in [0.2, 0.25) is 0 Å². The Labute approximate surface area is 135 Å². The summed E-state index contributed by atoms with van der Waals surface area (Å²) in [4.78, 5) is 23.4. The Bertz CT molecular complexity index is 597. The number of esters is 1. The molecule has 0 radical (unpaired) electrons. The Hall–Kier alpha value is -2.50. The van der Waals surface area contributed by atoms with Gasteiger partial charge < -0.3 is 19.5 Å². The zero-order valence-electron chi connectivity index (χ0n) is 13.3. The fourth-order valence-electron chi connectivity index (χ4n) is 1.99. The summed E-state index contributed by atoms with van der Waals surface area (Å²) < 4.78 is 16.0. The third-order valence-corrected chi connectivity index (χ3v) is 3.19. The van der Waals surface area contributed by atoms with E-state index in [9.17, 15) is 9.59 Å². The molecule has 6 heteroatoms. The van der Waals surface area contributed by atoms with Crippen molar-refractivity contribution in [1.29, 1.82) is 0 Å². The van der Waals surface area contributed by atoms with Crippen LogP contribution in [0.15, 0.2) is 24.3 Å². The number of fused-ring (bicyclic) bond motifs is 1. The Morgan fingerprint density at radius 2 is 2.04 bits per heavy atom. The fourth-order valence-corrected chi connectivity index (χ4v) is 1.99. The molecule has 0 fully saturated rings. The first-order chi connectivity index (χ1) is 11.1. The van der Waals surface area contributed by atoms with E-state index >= 15 is 0 Å². The number of nitrogens with one attached hydrogen (secondary N) is 1. The minimum atomic E-state index is -0.820. The van der Waals surface area contributed by atoms with Gasteiger partial charge in [0.1, 0.15) is 13.2 Å². The van der Waals surface area contributed by atoms with E-state index < -0.39 is 12.1 Å². The van der Waals surface area contributed by atoms with Crippen LogP contribution in [0.4, 0.5) is 0 Å². The van der Waals surface area contributed by atoms with E-state index in [1.165, 1.54) is 6.08 Å². The number of hydrogen-bond donors (Lipinski definition) is 1. The second-order valence-corrected chi connectivity index (χ2v) is 5.11. The number of carbonyl (C=O) groups is 2. The summed E-state index contributed by atoms with van der Waals surface area (Å²) in [7, 11) is 0. The number of rotatable bonds is 6. The van der Waals surface area contributed by atoms with Gasteiger partial charge >= 0.3 is 5.97 Å². The van der Waals surface area contributed by atoms with Gasteiger partial charge in [0.15, 0.2) is 17.6 Å². The molecule has 0 spiro atoms. The summed E-state index contributed by atoms with van der Waals surface area (Å²) in [5.74, 6) is 0.475. The van der Waals surface area contributed by atoms with Crippen LogP contribution in [-0.4, -0.2) is 37.7 Å². The first-order valence-electron chi connectivity index (χ1n) is 7.66. The second kappa shape index (κ2) is 8.22. The van der Waals surface area contributed by atoms with Crippen molar-refractivity contribution in [3.05, 3.63) is 29.8 Å². The average Bonchev–Trinajstić information content (AvgIpc) is 2.57. The smallest absolute Gasteiger partial charge is 0.331 e. The molecule has 2 rings (SSSR count). The quantitative estimate of drug-likeness (QED) is 0.640. The summed E-state index contributed by atoms with van der Waals surface area (Å²) in [6, 6.07) is 5.39. The van der Waals surface area contributed by atoms with Gasteiger partial charge in [0.2, 0.25) is 0 Å². The molecule has 0 aromatic heterocycles. The van der Waals surface area contributed by atoms with Crippen LogP contribution >= 0.6 is 0 Å². The third-order valence-electron chi connectivity index (χ3n) is 3.19. The molecule has 0 bridgehead atoms. The molecule has 1 heterocycles. The van der Waals surface area contributed by atoms with E-state index in [-0.39, 0.29) is 5.91 Å². The van der Waals surface area contributed by atoms with Crippen molar-refractivity contribution in [2.24, 2.45) is 0 Å². The van der Waals surface area contributed by atoms with Crippen LogP contribution in [0.1, 0.15) is 25.8 Å². The molecule has 1 aliphatic heterocycles. The Balaban J connectivity index is 1.89. The van der Waals surface area contributed by atoms with Gasteiger partial charge in [-0.1, -0.05) is 13.0 Å². The standard InChI is InChI=1S/C17H21NO5/c1-3-8-18-17(20)12(2)23-16(19)7-5-13-4-6-14-15(11-13)22-10-9-21-14/h4-7,11-12H,3,8-10H2,1-2H3,(H,18,20)/b7-5+/t12-/m1/s1. The molecule has 0 saturated carbocycles. The molecule has 1 aromatic rings. The highest BCUT2D eigenvalue weighted by Gasteiger charge is 2.15. The molecule has 1 aliphatic rings. The summed E-state index contributed by atoms with van der Waals surface area (Å²) in [5, 5.41) is 2.67. The minimum absolute atomic E-state index is 0.298. The Kier molecular flexibility index (Phi) is 6.02. The van der Waals surface area contributed by atoms with Gasteiger partial charge in [-0.3, -0.25) is 4.79 Å². The molecule has 124 valence electrons. The van der Waals surface area contributed by atoms with Crippen LogP contribution in [0, 0.1) is 0 Å². The summed E-state index contributed by atoms with van der Waals surface area (Å²) in [6.07, 6.45) is 2.90. The maximum atomic E-state index is 11.7. The molecule has 0 aliphatic carbocycles. The Morgan fingerprint density at radius 3 is 2.78 bits per heavy atom. The topological polar surface area (TPSA) is 73.9 Å². The highest BCUT2D eigenvalue weighted by Crippen LogP contribution is 2.31. The fraction of sp³-hybridized carbons (Fsp3) is 0.412. The van der Waals surface area contributed by atoms with Crippen LogP contribution in [0.3, 0.4) is 0 Å². The molecule has 1 N–H and O–H groups in total. The van der Waals surface area contributed by atoms with Crippen molar-refractivity contribution in [3.63, 3.8) is 0 Å². The van der Waals surface area contributed by atoms with Gasteiger partial charge in [0.25, 0.3) is 5.91 Å². The van der Waals surface area contributed by atoms with E-state index in [0.717, 1.165) is 12.0 Å². The highest BCUT2D eigenvalue weighted by molar-refractivity contribution is 5.90. The lowest BCUT2D eigenvalue weighted by Crippen LogP contribution is -2.35. The maximum absolute atomic E-state index is 11.7. The molecular formula is C17H21NO5. The van der Waals surface area contributed by atoms with E-state index in [2.05, 4.69) is 5.32 Å². The van der Waals surface area contributed by atoms with Crippen LogP contribution < -0.4 is 14.8 Å². The molecule has 23 heavy (non-hydrogen) atoms. The number of hydrogen-bond acceptors (Lipinski definition) is 5. The lowest BCUT2D eigenvalue weighted by atomic mass is 10.2. The molecule has 0 saturated heterocycles. The molecule has 1 amide bonds. The number of ether oxygens (including phenoxy) is 3. The van der Waals surface area contributed by atoms with E-state index in [1.807, 2.05) is 13.0 Å². The maximum Gasteiger partial charge on any atom is 0.331 e. The van der Waals surface area contributed by atoms with Crippen molar-refractivity contribution in [1.82, 2.24) is 5.32 Å².